The van der Waals surface area contributed by atoms with E-state index in [0.29, 0.717) is 28.0 Å². The van der Waals surface area contributed by atoms with Gasteiger partial charge in [0.2, 0.25) is 0 Å². The highest BCUT2D eigenvalue weighted by Crippen LogP contribution is 2.29. The molecule has 0 fully saturated rings. The van der Waals surface area contributed by atoms with E-state index in [1.165, 1.54) is 0 Å². The average Bonchev–Trinajstić information content (AvgIpc) is 2.67. The van der Waals surface area contributed by atoms with Crippen LogP contribution < -0.4 is 14.8 Å². The van der Waals surface area contributed by atoms with Crippen LogP contribution in [-0.2, 0) is 4.79 Å². The molecule has 1 N–H and O–H groups in total. The highest BCUT2D eigenvalue weighted by molar-refractivity contribution is 6.32. The molecule has 1 amide bonds. The van der Waals surface area contributed by atoms with Crippen LogP contribution in [0.15, 0.2) is 66.7 Å². The van der Waals surface area contributed by atoms with Crippen molar-refractivity contribution >= 4 is 23.2 Å². The van der Waals surface area contributed by atoms with Crippen molar-refractivity contribution in [2.75, 3.05) is 11.9 Å². The van der Waals surface area contributed by atoms with Crippen LogP contribution in [0, 0.1) is 13.8 Å². The Bertz CT molecular complexity index is 918. The molecule has 0 unspecified atom stereocenters. The van der Waals surface area contributed by atoms with Gasteiger partial charge in [-0.05, 0) is 61.4 Å². The highest BCUT2D eigenvalue weighted by atomic mass is 35.5. The molecule has 138 valence electrons. The average molecular weight is 382 g/mol. The van der Waals surface area contributed by atoms with Crippen molar-refractivity contribution in [3.63, 3.8) is 0 Å². The van der Waals surface area contributed by atoms with Crippen molar-refractivity contribution < 1.29 is 14.3 Å². The molecule has 3 aromatic carbocycles. The lowest BCUT2D eigenvalue weighted by Crippen LogP contribution is -2.20. The first-order chi connectivity index (χ1) is 13.0. The molecule has 5 heteroatoms. The maximum absolute atomic E-state index is 12.3. The summed E-state index contributed by atoms with van der Waals surface area (Å²) in [7, 11) is 0. The molecule has 0 saturated heterocycles. The molecule has 0 aliphatic carbocycles. The van der Waals surface area contributed by atoms with Gasteiger partial charge in [0.1, 0.15) is 11.5 Å². The summed E-state index contributed by atoms with van der Waals surface area (Å²) in [4.78, 5) is 12.3. The van der Waals surface area contributed by atoms with Gasteiger partial charge in [0.15, 0.2) is 12.4 Å². The molecule has 0 aliphatic heterocycles. The van der Waals surface area contributed by atoms with Crippen LogP contribution in [0.1, 0.15) is 11.1 Å². The van der Waals surface area contributed by atoms with Gasteiger partial charge in [0.25, 0.3) is 5.91 Å². The number of aryl methyl sites for hydroxylation is 2. The predicted molar refractivity (Wildman–Crippen MR) is 108 cm³/mol. The SMILES string of the molecule is Cc1cc(OCC(=O)Nc2ccccc2Oc2ccccc2)cc(C)c1Cl. The Balaban J connectivity index is 1.64. The van der Waals surface area contributed by atoms with Crippen molar-refractivity contribution in [3.8, 4) is 17.2 Å². The third-order valence-corrected chi connectivity index (χ3v) is 4.51. The number of benzene rings is 3. The summed E-state index contributed by atoms with van der Waals surface area (Å²) < 4.78 is 11.5. The van der Waals surface area contributed by atoms with Gasteiger partial charge in [-0.15, -0.1) is 0 Å². The van der Waals surface area contributed by atoms with Crippen LogP contribution in [0.2, 0.25) is 5.02 Å². The van der Waals surface area contributed by atoms with E-state index in [-0.39, 0.29) is 12.5 Å². The molecule has 27 heavy (non-hydrogen) atoms. The number of carbonyl (C=O) groups is 1. The molecular formula is C22H20ClNO3. The predicted octanol–water partition coefficient (Wildman–Crippen LogP) is 5.77. The van der Waals surface area contributed by atoms with Gasteiger partial charge in [0, 0.05) is 5.02 Å². The highest BCUT2D eigenvalue weighted by Gasteiger charge is 2.10. The van der Waals surface area contributed by atoms with Gasteiger partial charge in [-0.1, -0.05) is 41.9 Å². The molecule has 0 spiro atoms. The zero-order valence-electron chi connectivity index (χ0n) is 15.2. The molecule has 0 radical (unpaired) electrons. The van der Waals surface area contributed by atoms with Crippen molar-refractivity contribution in [2.24, 2.45) is 0 Å². The quantitative estimate of drug-likeness (QED) is 0.589. The molecule has 0 aromatic heterocycles. The second kappa shape index (κ2) is 8.60. The van der Waals surface area contributed by atoms with Gasteiger partial charge >= 0.3 is 0 Å². The van der Waals surface area contributed by atoms with Gasteiger partial charge < -0.3 is 14.8 Å². The monoisotopic (exact) mass is 381 g/mol. The summed E-state index contributed by atoms with van der Waals surface area (Å²) in [5, 5.41) is 3.53. The summed E-state index contributed by atoms with van der Waals surface area (Å²) in [5.41, 5.74) is 2.40. The number of hydrogen-bond donors (Lipinski definition) is 1. The van der Waals surface area contributed by atoms with Crippen molar-refractivity contribution in [1.29, 1.82) is 0 Å². The molecule has 4 nitrogen and oxygen atoms in total. The second-order valence-corrected chi connectivity index (χ2v) is 6.50. The Morgan fingerprint density at radius 3 is 2.26 bits per heavy atom. The van der Waals surface area contributed by atoms with Crippen LogP contribution in [0.5, 0.6) is 17.2 Å². The van der Waals surface area contributed by atoms with E-state index in [1.54, 1.807) is 12.1 Å². The standard InChI is InChI=1S/C22H20ClNO3/c1-15-12-18(13-16(2)22(15)23)26-14-21(25)24-19-10-6-7-11-20(19)27-17-8-4-3-5-9-17/h3-13H,14H2,1-2H3,(H,24,25). The van der Waals surface area contributed by atoms with Crippen LogP contribution in [0.4, 0.5) is 5.69 Å². The summed E-state index contributed by atoms with van der Waals surface area (Å²) in [6.45, 7) is 3.69. The largest absolute Gasteiger partial charge is 0.484 e. The van der Waals surface area contributed by atoms with E-state index in [2.05, 4.69) is 5.32 Å². The van der Waals surface area contributed by atoms with E-state index in [4.69, 9.17) is 21.1 Å². The van der Waals surface area contributed by atoms with Gasteiger partial charge in [0.05, 0.1) is 5.69 Å². The Morgan fingerprint density at radius 2 is 1.56 bits per heavy atom. The number of nitrogens with one attached hydrogen (secondary N) is 1. The Morgan fingerprint density at radius 1 is 0.926 bits per heavy atom. The normalized spacial score (nSPS) is 10.3. The number of hydrogen-bond acceptors (Lipinski definition) is 3. The molecule has 0 aliphatic rings. The first-order valence-corrected chi connectivity index (χ1v) is 8.92. The van der Waals surface area contributed by atoms with Crippen LogP contribution in [0.25, 0.3) is 0 Å². The van der Waals surface area contributed by atoms with Crippen molar-refractivity contribution in [1.82, 2.24) is 0 Å². The summed E-state index contributed by atoms with van der Waals surface area (Å²) in [5.74, 6) is 1.60. The fourth-order valence-corrected chi connectivity index (χ4v) is 2.71. The minimum atomic E-state index is -0.274. The van der Waals surface area contributed by atoms with Crippen molar-refractivity contribution in [2.45, 2.75) is 13.8 Å². The van der Waals surface area contributed by atoms with Gasteiger partial charge in [-0.25, -0.2) is 0 Å². The molecule has 0 atom stereocenters. The third-order valence-electron chi connectivity index (χ3n) is 3.91. The fraction of sp³-hybridized carbons (Fsp3) is 0.136. The number of para-hydroxylation sites is 3. The van der Waals surface area contributed by atoms with E-state index in [1.807, 2.05) is 68.4 Å². The number of carbonyl (C=O) groups excluding carboxylic acids is 1. The van der Waals surface area contributed by atoms with Crippen LogP contribution in [0.3, 0.4) is 0 Å². The van der Waals surface area contributed by atoms with E-state index >= 15 is 0 Å². The maximum atomic E-state index is 12.3. The first-order valence-electron chi connectivity index (χ1n) is 8.54. The lowest BCUT2D eigenvalue weighted by atomic mass is 10.1. The number of anilines is 1. The maximum Gasteiger partial charge on any atom is 0.262 e. The van der Waals surface area contributed by atoms with E-state index in [9.17, 15) is 4.79 Å². The van der Waals surface area contributed by atoms with Gasteiger partial charge in [-0.2, -0.15) is 0 Å². The van der Waals surface area contributed by atoms with E-state index in [0.717, 1.165) is 11.1 Å². The minimum absolute atomic E-state index is 0.111. The number of rotatable bonds is 6. The van der Waals surface area contributed by atoms with Crippen LogP contribution >= 0.6 is 11.6 Å². The van der Waals surface area contributed by atoms with Crippen LogP contribution in [-0.4, -0.2) is 12.5 Å². The molecule has 0 bridgehead atoms. The molecule has 3 aromatic rings. The van der Waals surface area contributed by atoms with Gasteiger partial charge in [-0.3, -0.25) is 4.79 Å². The zero-order valence-corrected chi connectivity index (χ0v) is 15.9. The smallest absolute Gasteiger partial charge is 0.262 e. The Kier molecular flexibility index (Phi) is 5.99. The Hall–Kier alpha value is -2.98. The lowest BCUT2D eigenvalue weighted by molar-refractivity contribution is -0.118. The second-order valence-electron chi connectivity index (χ2n) is 6.12. The lowest BCUT2D eigenvalue weighted by Gasteiger charge is -2.13. The Labute approximate surface area is 163 Å². The van der Waals surface area contributed by atoms with Crippen molar-refractivity contribution in [3.05, 3.63) is 82.9 Å². The summed E-state index contributed by atoms with van der Waals surface area (Å²) >= 11 is 6.15. The first kappa shape index (κ1) is 18.8. The fourth-order valence-electron chi connectivity index (χ4n) is 2.60. The topological polar surface area (TPSA) is 47.6 Å². The summed E-state index contributed by atoms with van der Waals surface area (Å²) in [6, 6.07) is 20.3. The molecular weight excluding hydrogens is 362 g/mol. The molecule has 0 heterocycles. The third kappa shape index (κ3) is 5.02. The summed E-state index contributed by atoms with van der Waals surface area (Å²) in [6.07, 6.45) is 0. The number of ether oxygens (including phenoxy) is 2. The minimum Gasteiger partial charge on any atom is -0.484 e. The van der Waals surface area contributed by atoms with E-state index < -0.39 is 0 Å². The zero-order chi connectivity index (χ0) is 19.2. The number of amides is 1. The molecule has 0 saturated carbocycles. The molecule has 3 rings (SSSR count). The number of halogens is 1.